The highest BCUT2D eigenvalue weighted by Crippen LogP contribution is 2.28. The minimum atomic E-state index is 0. The topological polar surface area (TPSA) is 29.3 Å². The largest absolute Gasteiger partial charge is 0.368 e. The van der Waals surface area contributed by atoms with Gasteiger partial charge < -0.3 is 10.6 Å². The fraction of sp³-hybridized carbons (Fsp3) is 0.250. The maximum Gasteiger partial charge on any atom is 0.0551 e. The van der Waals surface area contributed by atoms with Gasteiger partial charge in [-0.1, -0.05) is 41.9 Å². The normalized spacial score (nSPS) is 11.6. The molecule has 0 spiro atoms. The van der Waals surface area contributed by atoms with Gasteiger partial charge in [0.2, 0.25) is 0 Å². The van der Waals surface area contributed by atoms with Crippen LogP contribution in [0.5, 0.6) is 0 Å². The summed E-state index contributed by atoms with van der Waals surface area (Å²) >= 11 is 5.94. The van der Waals surface area contributed by atoms with Crippen LogP contribution < -0.4 is 10.6 Å². The van der Waals surface area contributed by atoms with Crippen molar-refractivity contribution in [1.29, 1.82) is 0 Å². The number of nitrogens with zero attached hydrogens (tertiary/aromatic N) is 1. The molecule has 2 aromatic rings. The molecule has 2 aromatic carbocycles. The zero-order valence-corrected chi connectivity index (χ0v) is 13.1. The maximum atomic E-state index is 5.94. The number of halogens is 2. The van der Waals surface area contributed by atoms with E-state index in [-0.39, 0.29) is 18.4 Å². The van der Waals surface area contributed by atoms with Gasteiger partial charge in [0.15, 0.2) is 0 Å². The summed E-state index contributed by atoms with van der Waals surface area (Å²) < 4.78 is 0. The van der Waals surface area contributed by atoms with E-state index in [9.17, 15) is 0 Å². The number of anilines is 1. The summed E-state index contributed by atoms with van der Waals surface area (Å²) in [6, 6.07) is 18.6. The van der Waals surface area contributed by atoms with Crippen LogP contribution in [0.3, 0.4) is 0 Å². The number of benzene rings is 2. The van der Waals surface area contributed by atoms with Gasteiger partial charge in [0, 0.05) is 17.8 Å². The molecule has 0 amide bonds. The standard InChI is InChI=1S/C16H19ClN2.ClH/c1-19(15-9-7-14(17)8-10-15)16(11-12-18)13-5-3-2-4-6-13;/h2-10,16H,11-12,18H2,1H3;1H. The van der Waals surface area contributed by atoms with Gasteiger partial charge >= 0.3 is 0 Å². The van der Waals surface area contributed by atoms with E-state index in [4.69, 9.17) is 17.3 Å². The zero-order valence-electron chi connectivity index (χ0n) is 11.5. The molecular weight excluding hydrogens is 291 g/mol. The van der Waals surface area contributed by atoms with Crippen LogP contribution >= 0.6 is 24.0 Å². The van der Waals surface area contributed by atoms with Gasteiger partial charge in [0.05, 0.1) is 6.04 Å². The molecule has 2 N–H and O–H groups in total. The number of nitrogens with two attached hydrogens (primary N) is 1. The molecule has 0 saturated heterocycles. The first kappa shape index (κ1) is 16.8. The molecule has 0 aliphatic rings. The van der Waals surface area contributed by atoms with E-state index in [0.717, 1.165) is 17.1 Å². The van der Waals surface area contributed by atoms with Gasteiger partial charge in [-0.3, -0.25) is 0 Å². The Hall–Kier alpha value is -1.22. The Morgan fingerprint density at radius 1 is 1.05 bits per heavy atom. The summed E-state index contributed by atoms with van der Waals surface area (Å²) in [7, 11) is 2.09. The Labute approximate surface area is 132 Å². The van der Waals surface area contributed by atoms with Crippen LogP contribution in [0.4, 0.5) is 5.69 Å². The number of hydrogen-bond acceptors (Lipinski definition) is 2. The van der Waals surface area contributed by atoms with Crippen LogP contribution in [0.25, 0.3) is 0 Å². The van der Waals surface area contributed by atoms with Crippen molar-refractivity contribution >= 4 is 29.7 Å². The Morgan fingerprint density at radius 2 is 1.65 bits per heavy atom. The molecule has 0 bridgehead atoms. The summed E-state index contributed by atoms with van der Waals surface area (Å²) in [6.07, 6.45) is 0.920. The lowest BCUT2D eigenvalue weighted by atomic mass is 10.0. The third-order valence-electron chi connectivity index (χ3n) is 3.33. The minimum Gasteiger partial charge on any atom is -0.368 e. The Balaban J connectivity index is 0.00000200. The summed E-state index contributed by atoms with van der Waals surface area (Å²) in [5.41, 5.74) is 8.19. The van der Waals surface area contributed by atoms with E-state index in [2.05, 4.69) is 36.2 Å². The summed E-state index contributed by atoms with van der Waals surface area (Å²) in [6.45, 7) is 0.664. The van der Waals surface area contributed by atoms with Gasteiger partial charge in [-0.25, -0.2) is 0 Å². The molecule has 0 heterocycles. The maximum absolute atomic E-state index is 5.94. The average Bonchev–Trinajstić information content (AvgIpc) is 2.46. The van der Waals surface area contributed by atoms with Gasteiger partial charge in [-0.05, 0) is 42.8 Å². The summed E-state index contributed by atoms with van der Waals surface area (Å²) in [4.78, 5) is 2.25. The zero-order chi connectivity index (χ0) is 13.7. The van der Waals surface area contributed by atoms with E-state index in [1.54, 1.807) is 0 Å². The van der Waals surface area contributed by atoms with Crippen LogP contribution in [0.15, 0.2) is 54.6 Å². The molecule has 1 unspecified atom stereocenters. The highest BCUT2D eigenvalue weighted by molar-refractivity contribution is 6.30. The average molecular weight is 311 g/mol. The predicted octanol–water partition coefficient (Wildman–Crippen LogP) is 4.29. The van der Waals surface area contributed by atoms with E-state index < -0.39 is 0 Å². The van der Waals surface area contributed by atoms with Crippen LogP contribution in [-0.2, 0) is 0 Å². The van der Waals surface area contributed by atoms with E-state index in [1.807, 2.05) is 30.3 Å². The van der Waals surface area contributed by atoms with E-state index >= 15 is 0 Å². The van der Waals surface area contributed by atoms with Gasteiger partial charge in [0.1, 0.15) is 0 Å². The fourth-order valence-corrected chi connectivity index (χ4v) is 2.40. The van der Waals surface area contributed by atoms with E-state index in [0.29, 0.717) is 6.54 Å². The van der Waals surface area contributed by atoms with Crippen LogP contribution in [0.1, 0.15) is 18.0 Å². The van der Waals surface area contributed by atoms with Gasteiger partial charge in [0.25, 0.3) is 0 Å². The molecule has 0 saturated carbocycles. The van der Waals surface area contributed by atoms with Crippen molar-refractivity contribution in [1.82, 2.24) is 0 Å². The molecular formula is C16H20Cl2N2. The quantitative estimate of drug-likeness (QED) is 0.892. The van der Waals surface area contributed by atoms with Crippen molar-refractivity contribution in [2.75, 3.05) is 18.5 Å². The molecule has 0 radical (unpaired) electrons. The first-order chi connectivity index (χ1) is 9.22. The first-order valence-corrected chi connectivity index (χ1v) is 6.83. The second-order valence-corrected chi connectivity index (χ2v) is 5.03. The van der Waals surface area contributed by atoms with Crippen LogP contribution in [0.2, 0.25) is 5.02 Å². The molecule has 108 valence electrons. The lowest BCUT2D eigenvalue weighted by Crippen LogP contribution is -2.26. The van der Waals surface area contributed by atoms with Crippen molar-refractivity contribution < 1.29 is 0 Å². The van der Waals surface area contributed by atoms with Gasteiger partial charge in [-0.2, -0.15) is 0 Å². The number of hydrogen-bond donors (Lipinski definition) is 1. The molecule has 20 heavy (non-hydrogen) atoms. The third kappa shape index (κ3) is 4.14. The van der Waals surface area contributed by atoms with Crippen molar-refractivity contribution in [3.63, 3.8) is 0 Å². The predicted molar refractivity (Wildman–Crippen MR) is 90.0 cm³/mol. The monoisotopic (exact) mass is 310 g/mol. The van der Waals surface area contributed by atoms with Crippen molar-refractivity contribution in [3.05, 3.63) is 65.2 Å². The Bertz CT molecular complexity index is 500. The van der Waals surface area contributed by atoms with Gasteiger partial charge in [-0.15, -0.1) is 12.4 Å². The van der Waals surface area contributed by atoms with E-state index in [1.165, 1.54) is 5.56 Å². The summed E-state index contributed by atoms with van der Waals surface area (Å²) in [5.74, 6) is 0. The smallest absolute Gasteiger partial charge is 0.0551 e. The highest BCUT2D eigenvalue weighted by atomic mass is 35.5. The minimum absolute atomic E-state index is 0. The number of rotatable bonds is 5. The summed E-state index contributed by atoms with van der Waals surface area (Å²) in [5, 5.41) is 0.757. The molecule has 0 aliphatic heterocycles. The van der Waals surface area contributed by atoms with Crippen molar-refractivity contribution in [2.24, 2.45) is 5.73 Å². The fourth-order valence-electron chi connectivity index (χ4n) is 2.27. The SMILES string of the molecule is CN(c1ccc(Cl)cc1)C(CCN)c1ccccc1.Cl. The molecule has 0 fully saturated rings. The second kappa shape index (κ2) is 8.15. The Morgan fingerprint density at radius 3 is 2.20 bits per heavy atom. The molecule has 2 nitrogen and oxygen atoms in total. The molecule has 0 aliphatic carbocycles. The highest BCUT2D eigenvalue weighted by Gasteiger charge is 2.16. The van der Waals surface area contributed by atoms with Crippen molar-refractivity contribution in [3.8, 4) is 0 Å². The lowest BCUT2D eigenvalue weighted by molar-refractivity contribution is 0.620. The molecule has 1 atom stereocenters. The van der Waals surface area contributed by atoms with Crippen LogP contribution in [0, 0.1) is 0 Å². The molecule has 0 aromatic heterocycles. The lowest BCUT2D eigenvalue weighted by Gasteiger charge is -2.30. The van der Waals surface area contributed by atoms with Crippen molar-refractivity contribution in [2.45, 2.75) is 12.5 Å². The molecule has 2 rings (SSSR count). The first-order valence-electron chi connectivity index (χ1n) is 6.46. The van der Waals surface area contributed by atoms with Crippen LogP contribution in [-0.4, -0.2) is 13.6 Å². The second-order valence-electron chi connectivity index (χ2n) is 4.59. The Kier molecular flexibility index (Phi) is 6.86. The molecule has 4 heteroatoms. The third-order valence-corrected chi connectivity index (χ3v) is 3.58.